The molecular weight excluding hydrogens is 438 g/mol. The number of piperidine rings is 1. The minimum Gasteiger partial charge on any atom is -0.493 e. The third kappa shape index (κ3) is 6.32. The van der Waals surface area contributed by atoms with Crippen molar-refractivity contribution in [1.29, 1.82) is 0 Å². The van der Waals surface area contributed by atoms with E-state index in [-0.39, 0.29) is 5.91 Å². The number of amides is 1. The second kappa shape index (κ2) is 11.6. The smallest absolute Gasteiger partial charge is 0.224 e. The van der Waals surface area contributed by atoms with Crippen LogP contribution in [0.1, 0.15) is 24.8 Å². The fraction of sp³-hybridized carbons (Fsp3) is 0.414. The molecule has 1 N–H and O–H groups in total. The Morgan fingerprint density at radius 2 is 1.77 bits per heavy atom. The van der Waals surface area contributed by atoms with E-state index in [1.165, 1.54) is 16.3 Å². The molecule has 0 unspecified atom stereocenters. The van der Waals surface area contributed by atoms with Crippen LogP contribution in [0, 0.1) is 5.92 Å². The zero-order chi connectivity index (χ0) is 24.8. The van der Waals surface area contributed by atoms with Gasteiger partial charge in [0.2, 0.25) is 5.91 Å². The first-order chi connectivity index (χ1) is 17.0. The van der Waals surface area contributed by atoms with Gasteiger partial charge in [0.25, 0.3) is 0 Å². The van der Waals surface area contributed by atoms with Crippen molar-refractivity contribution in [3.05, 3.63) is 66.2 Å². The molecule has 0 saturated carbocycles. The zero-order valence-corrected chi connectivity index (χ0v) is 21.3. The van der Waals surface area contributed by atoms with Gasteiger partial charge in [0.05, 0.1) is 14.2 Å². The quantitative estimate of drug-likeness (QED) is 0.471. The number of fused-ring (bicyclic) bond motifs is 1. The van der Waals surface area contributed by atoms with Gasteiger partial charge in [-0.15, -0.1) is 0 Å². The Labute approximate surface area is 208 Å². The van der Waals surface area contributed by atoms with Crippen molar-refractivity contribution < 1.29 is 14.3 Å². The molecule has 4 rings (SSSR count). The lowest BCUT2D eigenvalue weighted by Crippen LogP contribution is -2.48. The highest BCUT2D eigenvalue weighted by Gasteiger charge is 2.30. The van der Waals surface area contributed by atoms with Crippen molar-refractivity contribution in [3.8, 4) is 11.5 Å². The molecule has 0 radical (unpaired) electrons. The van der Waals surface area contributed by atoms with E-state index in [1.54, 1.807) is 20.3 Å². The number of hydrogen-bond donors (Lipinski definition) is 1. The number of nitrogens with zero attached hydrogens (tertiary/aromatic N) is 2. The normalized spacial score (nSPS) is 18.5. The largest absolute Gasteiger partial charge is 0.493 e. The monoisotopic (exact) mass is 475 g/mol. The maximum Gasteiger partial charge on any atom is 0.224 e. The molecule has 0 aromatic heterocycles. The van der Waals surface area contributed by atoms with E-state index in [9.17, 15) is 4.79 Å². The van der Waals surface area contributed by atoms with Gasteiger partial charge in [-0.1, -0.05) is 36.4 Å². The van der Waals surface area contributed by atoms with Crippen molar-refractivity contribution in [1.82, 2.24) is 9.80 Å². The van der Waals surface area contributed by atoms with Gasteiger partial charge in [-0.25, -0.2) is 0 Å². The van der Waals surface area contributed by atoms with Crippen LogP contribution in [0.15, 0.2) is 60.7 Å². The van der Waals surface area contributed by atoms with E-state index < -0.39 is 0 Å². The van der Waals surface area contributed by atoms with Crippen molar-refractivity contribution >= 4 is 22.4 Å². The molecule has 35 heavy (non-hydrogen) atoms. The summed E-state index contributed by atoms with van der Waals surface area (Å²) in [5.74, 6) is 1.72. The molecule has 0 bridgehead atoms. The molecule has 6 nitrogen and oxygen atoms in total. The molecule has 1 fully saturated rings. The number of rotatable bonds is 9. The first kappa shape index (κ1) is 25.0. The molecule has 0 aliphatic carbocycles. The topological polar surface area (TPSA) is 54.0 Å². The average Bonchev–Trinajstić information content (AvgIpc) is 2.87. The van der Waals surface area contributed by atoms with Crippen LogP contribution in [0.4, 0.5) is 5.69 Å². The van der Waals surface area contributed by atoms with Crippen LogP contribution in [0.25, 0.3) is 10.8 Å². The average molecular weight is 476 g/mol. The number of ether oxygens (including phenoxy) is 2. The Kier molecular flexibility index (Phi) is 8.26. The predicted molar refractivity (Wildman–Crippen MR) is 142 cm³/mol. The Morgan fingerprint density at radius 1 is 1.00 bits per heavy atom. The van der Waals surface area contributed by atoms with Crippen LogP contribution in [0.3, 0.4) is 0 Å². The van der Waals surface area contributed by atoms with Crippen LogP contribution in [0.2, 0.25) is 0 Å². The molecule has 1 amide bonds. The van der Waals surface area contributed by atoms with E-state index in [0.717, 1.165) is 38.2 Å². The summed E-state index contributed by atoms with van der Waals surface area (Å²) in [6.45, 7) is 3.02. The number of likely N-dealkylation sites (tertiary alicyclic amines) is 1. The summed E-state index contributed by atoms with van der Waals surface area (Å²) in [5, 5.41) is 5.59. The number of methoxy groups -OCH3 is 2. The van der Waals surface area contributed by atoms with Gasteiger partial charge in [-0.05, 0) is 73.9 Å². The van der Waals surface area contributed by atoms with Crippen molar-refractivity contribution in [3.63, 3.8) is 0 Å². The second-order valence-corrected chi connectivity index (χ2v) is 9.65. The lowest BCUT2D eigenvalue weighted by atomic mass is 9.87. The predicted octanol–water partition coefficient (Wildman–Crippen LogP) is 5.03. The minimum atomic E-state index is 0.0291. The fourth-order valence-corrected chi connectivity index (χ4v) is 5.25. The van der Waals surface area contributed by atoms with E-state index in [2.05, 4.69) is 71.7 Å². The summed E-state index contributed by atoms with van der Waals surface area (Å²) < 4.78 is 10.6. The minimum absolute atomic E-state index is 0.0291. The standard InChI is InChI=1S/C29H37N3O3/c1-31(2)26-15-16-32(19-21-9-10-22-7-5-6-8-23(22)17-21)20-24(26)11-14-29(33)30-25-12-13-27(34-3)28(18-25)35-4/h5-10,12-13,17-18,24,26H,11,14-16,19-20H2,1-4H3,(H,30,33)/t24-,26+/m0/s1. The van der Waals surface area contributed by atoms with Gasteiger partial charge in [-0.3, -0.25) is 9.69 Å². The van der Waals surface area contributed by atoms with Crippen molar-refractivity contribution in [2.75, 3.05) is 46.7 Å². The van der Waals surface area contributed by atoms with E-state index in [1.807, 2.05) is 12.1 Å². The summed E-state index contributed by atoms with van der Waals surface area (Å²) >= 11 is 0. The molecular formula is C29H37N3O3. The van der Waals surface area contributed by atoms with Gasteiger partial charge < -0.3 is 19.7 Å². The summed E-state index contributed by atoms with van der Waals surface area (Å²) in [5.41, 5.74) is 2.07. The number of anilines is 1. The number of hydrogen-bond acceptors (Lipinski definition) is 5. The molecule has 3 aromatic carbocycles. The molecule has 186 valence electrons. The lowest BCUT2D eigenvalue weighted by Gasteiger charge is -2.41. The van der Waals surface area contributed by atoms with Crippen LogP contribution in [-0.2, 0) is 11.3 Å². The van der Waals surface area contributed by atoms with Gasteiger partial charge in [-0.2, -0.15) is 0 Å². The van der Waals surface area contributed by atoms with E-state index >= 15 is 0 Å². The molecule has 1 aliphatic heterocycles. The molecule has 1 aliphatic rings. The zero-order valence-electron chi connectivity index (χ0n) is 21.3. The first-order valence-corrected chi connectivity index (χ1v) is 12.3. The first-order valence-electron chi connectivity index (χ1n) is 12.3. The maximum absolute atomic E-state index is 12.8. The number of carbonyl (C=O) groups is 1. The summed E-state index contributed by atoms with van der Waals surface area (Å²) in [7, 11) is 7.50. The Morgan fingerprint density at radius 3 is 2.51 bits per heavy atom. The maximum atomic E-state index is 12.8. The number of carbonyl (C=O) groups excluding carboxylic acids is 1. The van der Waals surface area contributed by atoms with Crippen LogP contribution < -0.4 is 14.8 Å². The van der Waals surface area contributed by atoms with Gasteiger partial charge >= 0.3 is 0 Å². The van der Waals surface area contributed by atoms with Crippen LogP contribution in [-0.4, -0.2) is 63.2 Å². The highest BCUT2D eigenvalue weighted by Crippen LogP contribution is 2.30. The molecule has 2 atom stereocenters. The molecule has 3 aromatic rings. The molecule has 6 heteroatoms. The fourth-order valence-electron chi connectivity index (χ4n) is 5.25. The van der Waals surface area contributed by atoms with Gasteiger partial charge in [0.1, 0.15) is 0 Å². The summed E-state index contributed by atoms with van der Waals surface area (Å²) in [4.78, 5) is 17.6. The van der Waals surface area contributed by atoms with Crippen LogP contribution in [0.5, 0.6) is 11.5 Å². The Balaban J connectivity index is 1.36. The third-order valence-electron chi connectivity index (χ3n) is 7.07. The van der Waals surface area contributed by atoms with Crippen molar-refractivity contribution in [2.45, 2.75) is 31.8 Å². The van der Waals surface area contributed by atoms with E-state index in [0.29, 0.717) is 29.9 Å². The lowest BCUT2D eigenvalue weighted by molar-refractivity contribution is -0.116. The highest BCUT2D eigenvalue weighted by molar-refractivity contribution is 5.91. The van der Waals surface area contributed by atoms with Gasteiger partial charge in [0, 0.05) is 37.3 Å². The number of nitrogens with one attached hydrogen (secondary N) is 1. The second-order valence-electron chi connectivity index (χ2n) is 9.65. The third-order valence-corrected chi connectivity index (χ3v) is 7.07. The Bertz CT molecular complexity index is 1150. The summed E-state index contributed by atoms with van der Waals surface area (Å²) in [6.07, 6.45) is 2.46. The Hall–Kier alpha value is -3.09. The van der Waals surface area contributed by atoms with E-state index in [4.69, 9.17) is 9.47 Å². The summed E-state index contributed by atoms with van der Waals surface area (Å²) in [6, 6.07) is 21.2. The van der Waals surface area contributed by atoms with Crippen LogP contribution >= 0.6 is 0 Å². The SMILES string of the molecule is COc1ccc(NC(=O)CC[C@H]2CN(Cc3ccc4ccccc4c3)CC[C@H]2N(C)C)cc1OC. The van der Waals surface area contributed by atoms with Crippen molar-refractivity contribution in [2.24, 2.45) is 5.92 Å². The molecule has 1 heterocycles. The molecule has 1 saturated heterocycles. The number of benzene rings is 3. The molecule has 0 spiro atoms. The highest BCUT2D eigenvalue weighted by atomic mass is 16.5. The van der Waals surface area contributed by atoms with Gasteiger partial charge in [0.15, 0.2) is 11.5 Å².